The van der Waals surface area contributed by atoms with Gasteiger partial charge in [0.25, 0.3) is 5.91 Å². The number of thiocarbonyl (C=S) groups is 1. The minimum Gasteiger partial charge on any atom is -0.359 e. The molecule has 1 aliphatic heterocycles. The SMILES string of the molecule is CC1CCC(NC(=S)NNC(=O)C2NN(C3CCCCC3)NC2C)CC1C. The maximum Gasteiger partial charge on any atom is 0.258 e. The van der Waals surface area contributed by atoms with Gasteiger partial charge in [0.1, 0.15) is 6.04 Å². The second kappa shape index (κ2) is 9.49. The molecule has 8 heteroatoms. The van der Waals surface area contributed by atoms with E-state index in [1.807, 2.05) is 6.92 Å². The fourth-order valence-electron chi connectivity index (χ4n) is 4.52. The fourth-order valence-corrected chi connectivity index (χ4v) is 4.74. The Kier molecular flexibility index (Phi) is 7.30. The van der Waals surface area contributed by atoms with Crippen molar-refractivity contribution in [3.05, 3.63) is 0 Å². The van der Waals surface area contributed by atoms with Crippen LogP contribution in [0.1, 0.15) is 72.1 Å². The number of amides is 1. The van der Waals surface area contributed by atoms with Crippen molar-refractivity contribution in [2.75, 3.05) is 0 Å². The summed E-state index contributed by atoms with van der Waals surface area (Å²) in [4.78, 5) is 12.6. The van der Waals surface area contributed by atoms with Gasteiger partial charge in [-0.25, -0.2) is 10.9 Å². The molecule has 7 nitrogen and oxygen atoms in total. The van der Waals surface area contributed by atoms with Crippen LogP contribution in [-0.4, -0.2) is 40.3 Å². The lowest BCUT2D eigenvalue weighted by Crippen LogP contribution is -2.56. The van der Waals surface area contributed by atoms with E-state index in [1.54, 1.807) is 0 Å². The third-order valence-electron chi connectivity index (χ3n) is 6.58. The zero-order chi connectivity index (χ0) is 19.4. The number of nitrogens with one attached hydrogen (secondary N) is 5. The lowest BCUT2D eigenvalue weighted by Gasteiger charge is -2.33. The Morgan fingerprint density at radius 2 is 1.70 bits per heavy atom. The standard InChI is InChI=1S/C19H36N6OS/c1-12-9-10-15(11-13(12)2)20-19(27)22-21-18(26)17-14(3)23-25(24-17)16-7-5-4-6-8-16/h12-17,23-24H,4-11H2,1-3H3,(H,21,26)(H2,20,22,27). The molecule has 3 rings (SSSR count). The molecular weight excluding hydrogens is 360 g/mol. The first-order valence-corrected chi connectivity index (χ1v) is 11.0. The van der Waals surface area contributed by atoms with Crippen LogP contribution in [0.15, 0.2) is 0 Å². The van der Waals surface area contributed by atoms with Gasteiger partial charge in [-0.2, -0.15) is 5.12 Å². The Balaban J connectivity index is 1.40. The molecule has 2 saturated carbocycles. The second-order valence-corrected chi connectivity index (χ2v) is 9.15. The summed E-state index contributed by atoms with van der Waals surface area (Å²) in [6.45, 7) is 6.65. The Labute approximate surface area is 168 Å². The molecule has 5 atom stereocenters. The molecule has 0 aromatic heterocycles. The quantitative estimate of drug-likeness (QED) is 0.367. The number of nitrogens with zero attached hydrogens (tertiary/aromatic N) is 1. The lowest BCUT2D eigenvalue weighted by atomic mass is 9.79. The number of hydrogen-bond acceptors (Lipinski definition) is 5. The van der Waals surface area contributed by atoms with Crippen LogP contribution in [0.4, 0.5) is 0 Å². The van der Waals surface area contributed by atoms with E-state index < -0.39 is 0 Å². The van der Waals surface area contributed by atoms with Crippen molar-refractivity contribution >= 4 is 23.2 Å². The Morgan fingerprint density at radius 3 is 2.41 bits per heavy atom. The fraction of sp³-hybridized carbons (Fsp3) is 0.895. The predicted molar refractivity (Wildman–Crippen MR) is 111 cm³/mol. The summed E-state index contributed by atoms with van der Waals surface area (Å²) in [5.74, 6) is 1.39. The van der Waals surface area contributed by atoms with Crippen molar-refractivity contribution in [3.63, 3.8) is 0 Å². The first-order valence-electron chi connectivity index (χ1n) is 10.6. The molecule has 5 unspecified atom stereocenters. The van der Waals surface area contributed by atoms with Crippen molar-refractivity contribution in [1.29, 1.82) is 0 Å². The molecule has 0 radical (unpaired) electrons. The lowest BCUT2D eigenvalue weighted by molar-refractivity contribution is -0.124. The molecule has 2 aliphatic carbocycles. The summed E-state index contributed by atoms with van der Waals surface area (Å²) < 4.78 is 0. The van der Waals surface area contributed by atoms with Crippen LogP contribution in [-0.2, 0) is 4.79 Å². The summed E-state index contributed by atoms with van der Waals surface area (Å²) >= 11 is 5.37. The summed E-state index contributed by atoms with van der Waals surface area (Å²) in [5.41, 5.74) is 12.4. The average molecular weight is 397 g/mol. The van der Waals surface area contributed by atoms with Gasteiger partial charge in [0.05, 0.1) is 0 Å². The molecule has 1 saturated heterocycles. The van der Waals surface area contributed by atoms with E-state index in [9.17, 15) is 4.79 Å². The van der Waals surface area contributed by atoms with Gasteiger partial charge in [0.2, 0.25) is 0 Å². The largest absolute Gasteiger partial charge is 0.359 e. The van der Waals surface area contributed by atoms with Gasteiger partial charge < -0.3 is 5.32 Å². The Hall–Kier alpha value is -0.960. The third-order valence-corrected chi connectivity index (χ3v) is 6.80. The Morgan fingerprint density at radius 1 is 0.963 bits per heavy atom. The van der Waals surface area contributed by atoms with Gasteiger partial charge in [-0.1, -0.05) is 33.1 Å². The summed E-state index contributed by atoms with van der Waals surface area (Å²) in [5, 5.41) is 5.90. The van der Waals surface area contributed by atoms with E-state index in [4.69, 9.17) is 12.2 Å². The Bertz CT molecular complexity index is 526. The van der Waals surface area contributed by atoms with Gasteiger partial charge in [-0.3, -0.25) is 15.6 Å². The van der Waals surface area contributed by atoms with Gasteiger partial charge in [0.15, 0.2) is 5.11 Å². The molecule has 0 bridgehead atoms. The van der Waals surface area contributed by atoms with Crippen molar-refractivity contribution < 1.29 is 4.79 Å². The van der Waals surface area contributed by atoms with Crippen LogP contribution in [0, 0.1) is 11.8 Å². The number of rotatable bonds is 3. The number of hydrazine groups is 3. The molecule has 1 heterocycles. The van der Waals surface area contributed by atoms with Crippen LogP contribution in [0.2, 0.25) is 0 Å². The van der Waals surface area contributed by atoms with E-state index in [0.29, 0.717) is 23.1 Å². The zero-order valence-electron chi connectivity index (χ0n) is 16.9. The van der Waals surface area contributed by atoms with E-state index in [-0.39, 0.29) is 18.0 Å². The minimum atomic E-state index is -0.308. The highest BCUT2D eigenvalue weighted by molar-refractivity contribution is 7.80. The first-order chi connectivity index (χ1) is 12.9. The number of carbonyl (C=O) groups excluding carboxylic acids is 1. The van der Waals surface area contributed by atoms with Crippen molar-refractivity contribution in [2.24, 2.45) is 11.8 Å². The maximum atomic E-state index is 12.6. The monoisotopic (exact) mass is 396 g/mol. The smallest absolute Gasteiger partial charge is 0.258 e. The number of hydrogen-bond donors (Lipinski definition) is 5. The summed E-state index contributed by atoms with van der Waals surface area (Å²) in [6.07, 6.45) is 9.65. The van der Waals surface area contributed by atoms with Crippen LogP contribution in [0.3, 0.4) is 0 Å². The first kappa shape index (κ1) is 20.8. The molecule has 0 aromatic rings. The van der Waals surface area contributed by atoms with Crippen LogP contribution in [0.25, 0.3) is 0 Å². The van der Waals surface area contributed by atoms with Gasteiger partial charge >= 0.3 is 0 Å². The zero-order valence-corrected chi connectivity index (χ0v) is 17.7. The van der Waals surface area contributed by atoms with Crippen molar-refractivity contribution in [3.8, 4) is 0 Å². The van der Waals surface area contributed by atoms with Crippen molar-refractivity contribution in [1.82, 2.24) is 32.1 Å². The highest BCUT2D eigenvalue weighted by Crippen LogP contribution is 2.29. The molecule has 1 amide bonds. The topological polar surface area (TPSA) is 80.5 Å². The third kappa shape index (κ3) is 5.53. The van der Waals surface area contributed by atoms with Gasteiger partial charge in [0, 0.05) is 18.1 Å². The molecule has 3 fully saturated rings. The van der Waals surface area contributed by atoms with E-state index >= 15 is 0 Å². The molecule has 0 spiro atoms. The number of carbonyl (C=O) groups is 1. The van der Waals surface area contributed by atoms with Crippen LogP contribution in [0.5, 0.6) is 0 Å². The summed E-state index contributed by atoms with van der Waals surface area (Å²) in [7, 11) is 0. The van der Waals surface area contributed by atoms with Gasteiger partial charge in [-0.05, 0) is 63.1 Å². The maximum absolute atomic E-state index is 12.6. The second-order valence-electron chi connectivity index (χ2n) is 8.74. The van der Waals surface area contributed by atoms with E-state index in [2.05, 4.69) is 46.0 Å². The molecule has 154 valence electrons. The van der Waals surface area contributed by atoms with E-state index in [0.717, 1.165) is 18.8 Å². The normalized spacial score (nSPS) is 35.6. The van der Waals surface area contributed by atoms with Crippen LogP contribution < -0.4 is 27.0 Å². The van der Waals surface area contributed by atoms with Crippen molar-refractivity contribution in [2.45, 2.75) is 96.3 Å². The van der Waals surface area contributed by atoms with Crippen LogP contribution >= 0.6 is 12.2 Å². The van der Waals surface area contributed by atoms with E-state index in [1.165, 1.54) is 38.5 Å². The highest BCUT2D eigenvalue weighted by Gasteiger charge is 2.37. The molecule has 3 aliphatic rings. The molecular formula is C19H36N6OS. The molecule has 5 N–H and O–H groups in total. The predicted octanol–water partition coefficient (Wildman–Crippen LogP) is 1.72. The summed E-state index contributed by atoms with van der Waals surface area (Å²) in [6, 6.07) is 0.583. The molecule has 0 aromatic carbocycles. The highest BCUT2D eigenvalue weighted by atomic mass is 32.1. The molecule has 27 heavy (non-hydrogen) atoms. The van der Waals surface area contributed by atoms with Gasteiger partial charge in [-0.15, -0.1) is 0 Å². The average Bonchev–Trinajstić information content (AvgIpc) is 3.05. The minimum absolute atomic E-state index is 0.0379.